The monoisotopic (exact) mass is 267 g/mol. The van der Waals surface area contributed by atoms with Crippen LogP contribution in [0, 0.1) is 11.7 Å². The molecule has 1 N–H and O–H groups in total. The maximum absolute atomic E-state index is 13.1. The van der Waals surface area contributed by atoms with E-state index in [0.717, 1.165) is 16.6 Å². The molecule has 3 heteroatoms. The summed E-state index contributed by atoms with van der Waals surface area (Å²) in [5.74, 6) is 1.69. The molecule has 1 aromatic carbocycles. The Labute approximate surface area is 114 Å². The van der Waals surface area contributed by atoms with Crippen molar-refractivity contribution in [2.45, 2.75) is 43.0 Å². The van der Waals surface area contributed by atoms with Crippen molar-refractivity contribution in [3.63, 3.8) is 0 Å². The number of hydrogen-bond acceptors (Lipinski definition) is 2. The Balaban J connectivity index is 1.86. The highest BCUT2D eigenvalue weighted by Crippen LogP contribution is 2.29. The summed E-state index contributed by atoms with van der Waals surface area (Å²) in [5.41, 5.74) is 0. The lowest BCUT2D eigenvalue weighted by molar-refractivity contribution is 0.294. The fraction of sp³-hybridized carbons (Fsp3) is 0.600. The van der Waals surface area contributed by atoms with Crippen molar-refractivity contribution in [2.24, 2.45) is 5.92 Å². The molecule has 1 unspecified atom stereocenters. The van der Waals surface area contributed by atoms with E-state index in [0.29, 0.717) is 6.04 Å². The number of thioether (sulfide) groups is 1. The van der Waals surface area contributed by atoms with Crippen LogP contribution in [0.4, 0.5) is 4.39 Å². The molecule has 0 aromatic heterocycles. The molecule has 0 spiro atoms. The van der Waals surface area contributed by atoms with E-state index in [1.807, 2.05) is 13.1 Å². The van der Waals surface area contributed by atoms with Gasteiger partial charge >= 0.3 is 0 Å². The highest BCUT2D eigenvalue weighted by molar-refractivity contribution is 7.99. The lowest BCUT2D eigenvalue weighted by atomic mass is 9.84. The van der Waals surface area contributed by atoms with Gasteiger partial charge in [-0.1, -0.05) is 25.3 Å². The van der Waals surface area contributed by atoms with Crippen molar-refractivity contribution in [3.05, 3.63) is 30.1 Å². The van der Waals surface area contributed by atoms with Crippen LogP contribution in [0.1, 0.15) is 32.1 Å². The van der Waals surface area contributed by atoms with E-state index in [4.69, 9.17) is 0 Å². The van der Waals surface area contributed by atoms with Gasteiger partial charge in [0.25, 0.3) is 0 Å². The van der Waals surface area contributed by atoms with Crippen LogP contribution in [-0.4, -0.2) is 18.8 Å². The molecule has 1 fully saturated rings. The molecule has 1 aromatic rings. The van der Waals surface area contributed by atoms with Crippen LogP contribution in [0.5, 0.6) is 0 Å². The third kappa shape index (κ3) is 3.99. The van der Waals surface area contributed by atoms with E-state index in [1.165, 1.54) is 38.2 Å². The predicted octanol–water partition coefficient (Wildman–Crippen LogP) is 4.09. The van der Waals surface area contributed by atoms with E-state index in [9.17, 15) is 4.39 Å². The minimum Gasteiger partial charge on any atom is -0.316 e. The predicted molar refractivity (Wildman–Crippen MR) is 76.5 cm³/mol. The Hall–Kier alpha value is -0.540. The van der Waals surface area contributed by atoms with Gasteiger partial charge in [0.2, 0.25) is 0 Å². The number of rotatable bonds is 5. The highest BCUT2D eigenvalue weighted by atomic mass is 32.2. The van der Waals surface area contributed by atoms with E-state index < -0.39 is 0 Å². The molecule has 0 radical (unpaired) electrons. The lowest BCUT2D eigenvalue weighted by Gasteiger charge is -2.29. The number of halogens is 1. The van der Waals surface area contributed by atoms with Gasteiger partial charge in [-0.2, -0.15) is 0 Å². The second-order valence-corrected chi connectivity index (χ2v) is 6.16. The van der Waals surface area contributed by atoms with Gasteiger partial charge in [0.05, 0.1) is 0 Å². The summed E-state index contributed by atoms with van der Waals surface area (Å²) in [6, 6.07) is 7.45. The van der Waals surface area contributed by atoms with Crippen LogP contribution in [0.15, 0.2) is 29.2 Å². The summed E-state index contributed by atoms with van der Waals surface area (Å²) in [6.45, 7) is 0. The molecule has 2 rings (SSSR count). The summed E-state index contributed by atoms with van der Waals surface area (Å²) >= 11 is 1.76. The van der Waals surface area contributed by atoms with Gasteiger partial charge in [0, 0.05) is 16.7 Å². The van der Waals surface area contributed by atoms with Gasteiger partial charge in [0.1, 0.15) is 5.82 Å². The molecule has 1 aliphatic rings. The molecular weight excluding hydrogens is 245 g/mol. The third-order valence-electron chi connectivity index (χ3n) is 3.82. The Morgan fingerprint density at radius 2 is 2.11 bits per heavy atom. The zero-order chi connectivity index (χ0) is 12.8. The molecule has 0 bridgehead atoms. The minimum atomic E-state index is -0.140. The van der Waals surface area contributed by atoms with Crippen LogP contribution in [0.25, 0.3) is 0 Å². The molecule has 1 saturated carbocycles. The first kappa shape index (κ1) is 13.9. The van der Waals surface area contributed by atoms with Crippen molar-refractivity contribution in [2.75, 3.05) is 12.8 Å². The number of benzene rings is 1. The van der Waals surface area contributed by atoms with E-state index in [2.05, 4.69) is 5.32 Å². The summed E-state index contributed by atoms with van der Waals surface area (Å²) in [7, 11) is 2.05. The van der Waals surface area contributed by atoms with Crippen LogP contribution in [0.3, 0.4) is 0 Å². The fourth-order valence-corrected chi connectivity index (χ4v) is 3.92. The van der Waals surface area contributed by atoms with E-state index in [1.54, 1.807) is 23.9 Å². The van der Waals surface area contributed by atoms with Crippen LogP contribution in [0.2, 0.25) is 0 Å². The Morgan fingerprint density at radius 3 is 2.78 bits per heavy atom. The van der Waals surface area contributed by atoms with Crippen molar-refractivity contribution in [1.29, 1.82) is 0 Å². The lowest BCUT2D eigenvalue weighted by Crippen LogP contribution is -2.36. The smallest absolute Gasteiger partial charge is 0.124 e. The number of hydrogen-bond donors (Lipinski definition) is 1. The molecule has 0 saturated heterocycles. The quantitative estimate of drug-likeness (QED) is 0.807. The molecular formula is C15H22FNS. The molecule has 100 valence electrons. The first-order chi connectivity index (χ1) is 8.79. The van der Waals surface area contributed by atoms with E-state index >= 15 is 0 Å². The van der Waals surface area contributed by atoms with Gasteiger partial charge in [-0.05, 0) is 44.0 Å². The van der Waals surface area contributed by atoms with Crippen molar-refractivity contribution < 1.29 is 4.39 Å². The number of nitrogens with one attached hydrogen (secondary N) is 1. The Morgan fingerprint density at radius 1 is 1.33 bits per heavy atom. The zero-order valence-corrected chi connectivity index (χ0v) is 11.8. The van der Waals surface area contributed by atoms with Gasteiger partial charge in [0.15, 0.2) is 0 Å². The van der Waals surface area contributed by atoms with Crippen LogP contribution >= 0.6 is 11.8 Å². The molecule has 0 heterocycles. The average Bonchev–Trinajstić information content (AvgIpc) is 2.41. The van der Waals surface area contributed by atoms with Crippen LogP contribution in [-0.2, 0) is 0 Å². The summed E-state index contributed by atoms with van der Waals surface area (Å²) < 4.78 is 13.1. The molecule has 0 aliphatic heterocycles. The maximum atomic E-state index is 13.1. The molecule has 0 amide bonds. The first-order valence-electron chi connectivity index (χ1n) is 6.85. The summed E-state index contributed by atoms with van der Waals surface area (Å²) in [5, 5.41) is 3.44. The average molecular weight is 267 g/mol. The van der Waals surface area contributed by atoms with Crippen molar-refractivity contribution >= 4 is 11.8 Å². The van der Waals surface area contributed by atoms with E-state index in [-0.39, 0.29) is 5.82 Å². The van der Waals surface area contributed by atoms with Gasteiger partial charge < -0.3 is 5.32 Å². The van der Waals surface area contributed by atoms with Gasteiger partial charge in [-0.15, -0.1) is 11.8 Å². The minimum absolute atomic E-state index is 0.140. The Bertz CT molecular complexity index is 363. The third-order valence-corrected chi connectivity index (χ3v) is 4.93. The normalized spacial score (nSPS) is 18.8. The van der Waals surface area contributed by atoms with Crippen molar-refractivity contribution in [1.82, 2.24) is 5.32 Å². The highest BCUT2D eigenvalue weighted by Gasteiger charge is 2.22. The largest absolute Gasteiger partial charge is 0.316 e. The summed E-state index contributed by atoms with van der Waals surface area (Å²) in [4.78, 5) is 1.03. The van der Waals surface area contributed by atoms with Gasteiger partial charge in [-0.25, -0.2) is 4.39 Å². The topological polar surface area (TPSA) is 12.0 Å². The molecule has 1 atom stereocenters. The SMILES string of the molecule is CNC(CSc1cccc(F)c1)C1CCCCC1. The molecule has 1 nitrogen and oxygen atoms in total. The van der Waals surface area contributed by atoms with Crippen molar-refractivity contribution in [3.8, 4) is 0 Å². The second kappa shape index (κ2) is 7.15. The second-order valence-electron chi connectivity index (χ2n) is 5.06. The molecule has 18 heavy (non-hydrogen) atoms. The maximum Gasteiger partial charge on any atom is 0.124 e. The molecule has 1 aliphatic carbocycles. The summed E-state index contributed by atoms with van der Waals surface area (Å²) in [6.07, 6.45) is 6.81. The zero-order valence-electron chi connectivity index (χ0n) is 11.0. The van der Waals surface area contributed by atoms with Gasteiger partial charge in [-0.3, -0.25) is 0 Å². The van der Waals surface area contributed by atoms with Crippen LogP contribution < -0.4 is 5.32 Å². The standard InChI is InChI=1S/C15H22FNS/c1-17-15(12-6-3-2-4-7-12)11-18-14-9-5-8-13(16)10-14/h5,8-10,12,15,17H,2-4,6-7,11H2,1H3. The fourth-order valence-electron chi connectivity index (χ4n) is 2.73. The first-order valence-corrected chi connectivity index (χ1v) is 7.84. The Kier molecular flexibility index (Phi) is 5.51.